The second-order valence-corrected chi connectivity index (χ2v) is 4.04. The molecule has 1 fully saturated rings. The summed E-state index contributed by atoms with van der Waals surface area (Å²) in [6.07, 6.45) is 6.17. The van der Waals surface area contributed by atoms with Crippen molar-refractivity contribution < 1.29 is 4.79 Å². The van der Waals surface area contributed by atoms with E-state index in [-0.39, 0.29) is 5.91 Å². The van der Waals surface area contributed by atoms with Crippen LogP contribution in [0.4, 0.5) is 0 Å². The smallest absolute Gasteiger partial charge is 0.234 e. The fourth-order valence-electron chi connectivity index (χ4n) is 1.82. The number of nitrogens with zero attached hydrogens (tertiary/aromatic N) is 1. The minimum atomic E-state index is 0.189. The molecule has 0 atom stereocenters. The lowest BCUT2D eigenvalue weighted by Gasteiger charge is -2.18. The third-order valence-electron chi connectivity index (χ3n) is 2.64. The number of hydrogen-bond donors (Lipinski definition) is 1. The summed E-state index contributed by atoms with van der Waals surface area (Å²) >= 11 is 0. The van der Waals surface area contributed by atoms with Gasteiger partial charge in [-0.2, -0.15) is 0 Å². The molecule has 0 aromatic heterocycles. The maximum atomic E-state index is 11.4. The van der Waals surface area contributed by atoms with Crippen molar-refractivity contribution in [3.63, 3.8) is 0 Å². The van der Waals surface area contributed by atoms with E-state index in [9.17, 15) is 4.79 Å². The number of hydrogen-bond acceptors (Lipinski definition) is 2. The minimum absolute atomic E-state index is 0.189. The molecule has 3 heteroatoms. The van der Waals surface area contributed by atoms with Crippen LogP contribution in [-0.2, 0) is 4.79 Å². The van der Waals surface area contributed by atoms with Crippen molar-refractivity contribution in [2.24, 2.45) is 0 Å². The molecule has 1 saturated heterocycles. The molecule has 0 aliphatic carbocycles. The van der Waals surface area contributed by atoms with Crippen LogP contribution >= 0.6 is 0 Å². The highest BCUT2D eigenvalue weighted by molar-refractivity contribution is 5.77. The van der Waals surface area contributed by atoms with Gasteiger partial charge >= 0.3 is 0 Å². The number of carbonyl (C=O) groups is 1. The summed E-state index contributed by atoms with van der Waals surface area (Å²) in [4.78, 5) is 13.7. The fraction of sp³-hybridized carbons (Fsp3) is 0.909. The Morgan fingerprint density at radius 2 is 1.86 bits per heavy atom. The molecule has 0 radical (unpaired) electrons. The Balaban J connectivity index is 2.17. The van der Waals surface area contributed by atoms with Crippen LogP contribution in [0.15, 0.2) is 0 Å². The fourth-order valence-corrected chi connectivity index (χ4v) is 1.82. The molecule has 1 N–H and O–H groups in total. The molecule has 1 amide bonds. The van der Waals surface area contributed by atoms with E-state index >= 15 is 0 Å². The van der Waals surface area contributed by atoms with Gasteiger partial charge < -0.3 is 5.32 Å². The lowest BCUT2D eigenvalue weighted by Crippen LogP contribution is -2.37. The monoisotopic (exact) mass is 198 g/mol. The van der Waals surface area contributed by atoms with Crippen molar-refractivity contribution in [2.75, 3.05) is 26.2 Å². The molecular weight excluding hydrogens is 176 g/mol. The van der Waals surface area contributed by atoms with Gasteiger partial charge in [-0.3, -0.25) is 9.69 Å². The highest BCUT2D eigenvalue weighted by Gasteiger charge is 2.11. The van der Waals surface area contributed by atoms with Crippen molar-refractivity contribution >= 4 is 5.91 Å². The maximum absolute atomic E-state index is 11.4. The van der Waals surface area contributed by atoms with Crippen LogP contribution in [0.25, 0.3) is 0 Å². The Labute approximate surface area is 86.9 Å². The van der Waals surface area contributed by atoms with Crippen LogP contribution < -0.4 is 5.32 Å². The van der Waals surface area contributed by atoms with E-state index in [0.717, 1.165) is 26.1 Å². The van der Waals surface area contributed by atoms with Crippen LogP contribution in [0.5, 0.6) is 0 Å². The number of rotatable bonds is 4. The lowest BCUT2D eigenvalue weighted by molar-refractivity contribution is -0.122. The van der Waals surface area contributed by atoms with E-state index in [1.165, 1.54) is 25.7 Å². The van der Waals surface area contributed by atoms with Gasteiger partial charge in [0.1, 0.15) is 0 Å². The van der Waals surface area contributed by atoms with Gasteiger partial charge in [0.25, 0.3) is 0 Å². The Morgan fingerprint density at radius 3 is 2.43 bits per heavy atom. The first kappa shape index (κ1) is 11.5. The van der Waals surface area contributed by atoms with Crippen molar-refractivity contribution in [2.45, 2.75) is 39.0 Å². The van der Waals surface area contributed by atoms with Crippen molar-refractivity contribution in [3.8, 4) is 0 Å². The first-order chi connectivity index (χ1) is 6.83. The second-order valence-electron chi connectivity index (χ2n) is 4.04. The van der Waals surface area contributed by atoms with Gasteiger partial charge in [0.15, 0.2) is 0 Å². The van der Waals surface area contributed by atoms with Crippen LogP contribution in [0, 0.1) is 0 Å². The predicted molar refractivity (Wildman–Crippen MR) is 58.2 cm³/mol. The van der Waals surface area contributed by atoms with Gasteiger partial charge in [-0.1, -0.05) is 19.8 Å². The topological polar surface area (TPSA) is 32.3 Å². The van der Waals surface area contributed by atoms with Crippen LogP contribution in [0.3, 0.4) is 0 Å². The first-order valence-electron chi connectivity index (χ1n) is 5.82. The van der Waals surface area contributed by atoms with Gasteiger partial charge in [0.2, 0.25) is 5.91 Å². The van der Waals surface area contributed by atoms with E-state index in [0.29, 0.717) is 6.54 Å². The molecule has 0 bridgehead atoms. The summed E-state index contributed by atoms with van der Waals surface area (Å²) in [5.74, 6) is 0.189. The molecule has 1 aliphatic rings. The molecule has 0 saturated carbocycles. The molecule has 14 heavy (non-hydrogen) atoms. The molecule has 3 nitrogen and oxygen atoms in total. The van der Waals surface area contributed by atoms with Crippen LogP contribution in [0.2, 0.25) is 0 Å². The molecular formula is C11H22N2O. The lowest BCUT2D eigenvalue weighted by atomic mass is 10.2. The number of nitrogens with one attached hydrogen (secondary N) is 1. The quantitative estimate of drug-likeness (QED) is 0.740. The van der Waals surface area contributed by atoms with E-state index in [2.05, 4.69) is 17.1 Å². The third-order valence-corrected chi connectivity index (χ3v) is 2.64. The molecule has 0 unspecified atom stereocenters. The Morgan fingerprint density at radius 1 is 1.21 bits per heavy atom. The zero-order valence-electron chi connectivity index (χ0n) is 9.22. The largest absolute Gasteiger partial charge is 0.355 e. The summed E-state index contributed by atoms with van der Waals surface area (Å²) in [7, 11) is 0. The van der Waals surface area contributed by atoms with Gasteiger partial charge in [0, 0.05) is 6.54 Å². The van der Waals surface area contributed by atoms with Gasteiger partial charge in [-0.05, 0) is 32.4 Å². The molecule has 1 heterocycles. The molecule has 82 valence electrons. The summed E-state index contributed by atoms with van der Waals surface area (Å²) < 4.78 is 0. The van der Waals surface area contributed by atoms with Gasteiger partial charge in [-0.25, -0.2) is 0 Å². The van der Waals surface area contributed by atoms with Gasteiger partial charge in [-0.15, -0.1) is 0 Å². The molecule has 0 aromatic rings. The highest BCUT2D eigenvalue weighted by Crippen LogP contribution is 2.08. The normalized spacial score (nSPS) is 18.9. The number of carbonyl (C=O) groups excluding carboxylic acids is 1. The summed E-state index contributed by atoms with van der Waals surface area (Å²) in [5.41, 5.74) is 0. The van der Waals surface area contributed by atoms with E-state index in [1.807, 2.05) is 0 Å². The Hall–Kier alpha value is -0.570. The molecule has 0 spiro atoms. The highest BCUT2D eigenvalue weighted by atomic mass is 16.2. The molecule has 1 rings (SSSR count). The summed E-state index contributed by atoms with van der Waals surface area (Å²) in [5, 5.41) is 2.92. The number of likely N-dealkylation sites (tertiary alicyclic amines) is 1. The van der Waals surface area contributed by atoms with Crippen molar-refractivity contribution in [3.05, 3.63) is 0 Å². The predicted octanol–water partition coefficient (Wildman–Crippen LogP) is 1.39. The molecule has 0 aromatic carbocycles. The van der Waals surface area contributed by atoms with E-state index in [4.69, 9.17) is 0 Å². The Bertz CT molecular complexity index is 163. The van der Waals surface area contributed by atoms with Crippen molar-refractivity contribution in [1.29, 1.82) is 0 Å². The average molecular weight is 198 g/mol. The summed E-state index contributed by atoms with van der Waals surface area (Å²) in [6.45, 7) is 5.68. The van der Waals surface area contributed by atoms with Crippen molar-refractivity contribution in [1.82, 2.24) is 10.2 Å². The third kappa shape index (κ3) is 4.61. The molecule has 1 aliphatic heterocycles. The standard InChI is InChI=1S/C11H22N2O/c1-2-7-12-11(14)10-13-8-5-3-4-6-9-13/h2-10H2,1H3,(H,12,14). The SMILES string of the molecule is CCCNC(=O)CN1CCCCCC1. The minimum Gasteiger partial charge on any atom is -0.355 e. The summed E-state index contributed by atoms with van der Waals surface area (Å²) in [6, 6.07) is 0. The van der Waals surface area contributed by atoms with Crippen LogP contribution in [-0.4, -0.2) is 37.0 Å². The van der Waals surface area contributed by atoms with E-state index < -0.39 is 0 Å². The van der Waals surface area contributed by atoms with Crippen LogP contribution in [0.1, 0.15) is 39.0 Å². The maximum Gasteiger partial charge on any atom is 0.234 e. The zero-order chi connectivity index (χ0) is 10.2. The number of amides is 1. The second kappa shape index (κ2) is 6.82. The zero-order valence-corrected chi connectivity index (χ0v) is 9.22. The first-order valence-corrected chi connectivity index (χ1v) is 5.82. The average Bonchev–Trinajstić information content (AvgIpc) is 2.43. The van der Waals surface area contributed by atoms with Gasteiger partial charge in [0.05, 0.1) is 6.54 Å². The van der Waals surface area contributed by atoms with E-state index in [1.54, 1.807) is 0 Å². The Kier molecular flexibility index (Phi) is 5.60.